The lowest BCUT2D eigenvalue weighted by molar-refractivity contribution is -0.196. The molecule has 0 aromatic heterocycles. The summed E-state index contributed by atoms with van der Waals surface area (Å²) in [6.07, 6.45) is 8.26. The third-order valence-electron chi connectivity index (χ3n) is 7.74. The second-order valence-electron chi connectivity index (χ2n) is 9.75. The number of benzene rings is 1. The molecule has 4 rings (SSSR count). The summed E-state index contributed by atoms with van der Waals surface area (Å²) in [5.41, 5.74) is 1.36. The zero-order chi connectivity index (χ0) is 19.7. The number of rotatable bonds is 9. The van der Waals surface area contributed by atoms with Crippen LogP contribution in [0.1, 0.15) is 77.7 Å². The van der Waals surface area contributed by atoms with Gasteiger partial charge in [0.05, 0.1) is 6.10 Å². The number of ether oxygens (including phenoxy) is 3. The van der Waals surface area contributed by atoms with Gasteiger partial charge in [0.15, 0.2) is 6.79 Å². The molecule has 3 nitrogen and oxygen atoms in total. The summed E-state index contributed by atoms with van der Waals surface area (Å²) < 4.78 is 18.4. The van der Waals surface area contributed by atoms with E-state index in [1.165, 1.54) is 37.7 Å². The zero-order valence-corrected chi connectivity index (χ0v) is 18.1. The normalized spacial score (nSPS) is 33.2. The Morgan fingerprint density at radius 1 is 0.964 bits per heavy atom. The highest BCUT2D eigenvalue weighted by Gasteiger charge is 2.54. The Morgan fingerprint density at radius 2 is 1.71 bits per heavy atom. The minimum atomic E-state index is -0.271. The van der Waals surface area contributed by atoms with Crippen molar-refractivity contribution in [2.75, 3.05) is 6.79 Å². The number of hydrogen-bond acceptors (Lipinski definition) is 3. The zero-order valence-electron chi connectivity index (χ0n) is 18.1. The molecular weight excluding hydrogens is 348 g/mol. The van der Waals surface area contributed by atoms with Crippen molar-refractivity contribution in [1.82, 2.24) is 0 Å². The molecule has 0 heterocycles. The van der Waals surface area contributed by atoms with Crippen LogP contribution < -0.4 is 4.74 Å². The summed E-state index contributed by atoms with van der Waals surface area (Å²) in [5.74, 6) is 5.38. The van der Waals surface area contributed by atoms with E-state index in [0.717, 1.165) is 35.8 Å². The first-order chi connectivity index (χ1) is 13.6. The van der Waals surface area contributed by atoms with Crippen molar-refractivity contribution in [3.63, 3.8) is 0 Å². The summed E-state index contributed by atoms with van der Waals surface area (Å²) in [7, 11) is 0. The first kappa shape index (κ1) is 20.2. The first-order valence-electron chi connectivity index (χ1n) is 11.6. The lowest BCUT2D eigenvalue weighted by Gasteiger charge is -2.32. The molecule has 2 bridgehead atoms. The molecule has 3 aliphatic carbocycles. The number of fused-ring (bicyclic) bond motifs is 5. The molecule has 0 radical (unpaired) electrons. The van der Waals surface area contributed by atoms with E-state index in [2.05, 4.69) is 52.0 Å². The lowest BCUT2D eigenvalue weighted by Crippen LogP contribution is -2.33. The molecule has 3 heteroatoms. The van der Waals surface area contributed by atoms with Crippen LogP contribution in [0.5, 0.6) is 5.75 Å². The van der Waals surface area contributed by atoms with Gasteiger partial charge in [0.1, 0.15) is 5.75 Å². The van der Waals surface area contributed by atoms with E-state index in [1.807, 2.05) is 0 Å². The van der Waals surface area contributed by atoms with Crippen molar-refractivity contribution in [2.24, 2.45) is 29.6 Å². The topological polar surface area (TPSA) is 27.7 Å². The first-order valence-corrected chi connectivity index (χ1v) is 11.6. The van der Waals surface area contributed by atoms with Gasteiger partial charge >= 0.3 is 0 Å². The molecule has 0 spiro atoms. The fourth-order valence-corrected chi connectivity index (χ4v) is 6.00. The van der Waals surface area contributed by atoms with E-state index in [0.29, 0.717) is 18.8 Å². The van der Waals surface area contributed by atoms with E-state index in [9.17, 15) is 0 Å². The van der Waals surface area contributed by atoms with Gasteiger partial charge in [-0.3, -0.25) is 0 Å². The molecule has 3 aliphatic rings. The standard InChI is InChI=1S/C25H38O3/c1-5-17(4)18-9-11-20(12-10-18)28-25(16(2)3)27-15-26-24-14-19-13-23(24)22-8-6-7-21(19)22/h9-12,16-17,19,21-25H,5-8,13-15H2,1-4H3. The van der Waals surface area contributed by atoms with Crippen molar-refractivity contribution >= 4 is 0 Å². The maximum atomic E-state index is 6.23. The summed E-state index contributed by atoms with van der Waals surface area (Å²) in [5, 5.41) is 0. The second-order valence-corrected chi connectivity index (χ2v) is 9.75. The molecular formula is C25H38O3. The third kappa shape index (κ3) is 4.11. The molecule has 1 aromatic carbocycles. The minimum absolute atomic E-state index is 0.271. The molecule has 28 heavy (non-hydrogen) atoms. The van der Waals surface area contributed by atoms with Crippen molar-refractivity contribution in [3.8, 4) is 5.75 Å². The van der Waals surface area contributed by atoms with Crippen molar-refractivity contribution in [1.29, 1.82) is 0 Å². The largest absolute Gasteiger partial charge is 0.465 e. The van der Waals surface area contributed by atoms with Gasteiger partial charge in [-0.2, -0.15) is 0 Å². The summed E-state index contributed by atoms with van der Waals surface area (Å²) in [4.78, 5) is 0. The van der Waals surface area contributed by atoms with E-state index in [1.54, 1.807) is 0 Å². The SMILES string of the molecule is CCC(C)c1ccc(OC(OCOC2CC3CC2C2CCCC32)C(C)C)cc1. The minimum Gasteiger partial charge on any atom is -0.465 e. The van der Waals surface area contributed by atoms with Crippen LogP contribution in [0.15, 0.2) is 24.3 Å². The predicted molar refractivity (Wildman–Crippen MR) is 112 cm³/mol. The van der Waals surface area contributed by atoms with Gasteiger partial charge in [-0.15, -0.1) is 0 Å². The van der Waals surface area contributed by atoms with Crippen LogP contribution in [0.2, 0.25) is 0 Å². The second kappa shape index (κ2) is 8.75. The van der Waals surface area contributed by atoms with Gasteiger partial charge in [0.2, 0.25) is 6.29 Å². The Balaban J connectivity index is 1.26. The highest BCUT2D eigenvalue weighted by molar-refractivity contribution is 5.29. The molecule has 0 saturated heterocycles. The highest BCUT2D eigenvalue weighted by Crippen LogP contribution is 2.59. The molecule has 0 aliphatic heterocycles. The molecule has 1 aromatic rings. The van der Waals surface area contributed by atoms with Crippen LogP contribution in [0.25, 0.3) is 0 Å². The summed E-state index contributed by atoms with van der Waals surface area (Å²) in [6, 6.07) is 8.48. The van der Waals surface area contributed by atoms with Gasteiger partial charge in [-0.25, -0.2) is 0 Å². The van der Waals surface area contributed by atoms with E-state index in [4.69, 9.17) is 14.2 Å². The lowest BCUT2D eigenvalue weighted by atomic mass is 9.80. The molecule has 3 saturated carbocycles. The summed E-state index contributed by atoms with van der Waals surface area (Å²) in [6.45, 7) is 9.11. The molecule has 7 unspecified atom stereocenters. The van der Waals surface area contributed by atoms with Crippen LogP contribution in [-0.2, 0) is 9.47 Å². The molecule has 3 fully saturated rings. The van der Waals surface area contributed by atoms with Crippen LogP contribution in [0.4, 0.5) is 0 Å². The van der Waals surface area contributed by atoms with E-state index >= 15 is 0 Å². The van der Waals surface area contributed by atoms with E-state index < -0.39 is 0 Å². The predicted octanol–water partition coefficient (Wildman–Crippen LogP) is 6.38. The van der Waals surface area contributed by atoms with E-state index in [-0.39, 0.29) is 12.2 Å². The van der Waals surface area contributed by atoms with Crippen molar-refractivity contribution < 1.29 is 14.2 Å². The summed E-state index contributed by atoms with van der Waals surface area (Å²) >= 11 is 0. The quantitative estimate of drug-likeness (QED) is 0.461. The Bertz CT molecular complexity index is 625. The number of hydrogen-bond donors (Lipinski definition) is 0. The van der Waals surface area contributed by atoms with Crippen molar-refractivity contribution in [3.05, 3.63) is 29.8 Å². The monoisotopic (exact) mass is 386 g/mol. The fraction of sp³-hybridized carbons (Fsp3) is 0.760. The van der Waals surface area contributed by atoms with Gasteiger partial charge in [0, 0.05) is 5.92 Å². The van der Waals surface area contributed by atoms with Crippen LogP contribution in [0.3, 0.4) is 0 Å². The van der Waals surface area contributed by atoms with Crippen LogP contribution >= 0.6 is 0 Å². The van der Waals surface area contributed by atoms with Crippen molar-refractivity contribution in [2.45, 2.75) is 84.5 Å². The van der Waals surface area contributed by atoms with Crippen LogP contribution in [-0.4, -0.2) is 19.2 Å². The van der Waals surface area contributed by atoms with Crippen LogP contribution in [0, 0.1) is 29.6 Å². The molecule has 0 N–H and O–H groups in total. The average Bonchev–Trinajstić information content (AvgIpc) is 3.40. The maximum Gasteiger partial charge on any atom is 0.204 e. The smallest absolute Gasteiger partial charge is 0.204 e. The molecule has 0 amide bonds. The third-order valence-corrected chi connectivity index (χ3v) is 7.74. The molecule has 7 atom stereocenters. The Kier molecular flexibility index (Phi) is 6.32. The van der Waals surface area contributed by atoms with Gasteiger partial charge in [-0.05, 0) is 79.4 Å². The highest BCUT2D eigenvalue weighted by atomic mass is 16.7. The Morgan fingerprint density at radius 3 is 2.43 bits per heavy atom. The van der Waals surface area contributed by atoms with Gasteiger partial charge in [0.25, 0.3) is 0 Å². The van der Waals surface area contributed by atoms with Gasteiger partial charge in [-0.1, -0.05) is 46.2 Å². The Labute approximate surface area is 171 Å². The average molecular weight is 387 g/mol. The maximum absolute atomic E-state index is 6.23. The fourth-order valence-electron chi connectivity index (χ4n) is 6.00. The Hall–Kier alpha value is -1.06. The van der Waals surface area contributed by atoms with Gasteiger partial charge < -0.3 is 14.2 Å². The molecule has 156 valence electrons.